The number of benzene rings is 2. The average molecular weight is 490 g/mol. The number of hydrogen-bond donors (Lipinski definition) is 1. The van der Waals surface area contributed by atoms with Gasteiger partial charge in [0.15, 0.2) is 11.5 Å². The predicted octanol–water partition coefficient (Wildman–Crippen LogP) is 5.80. The number of methoxy groups -OCH3 is 2. The summed E-state index contributed by atoms with van der Waals surface area (Å²) in [5.41, 5.74) is 2.57. The molecule has 0 unspecified atom stereocenters. The number of halogens is 1. The van der Waals surface area contributed by atoms with Gasteiger partial charge in [-0.05, 0) is 42.8 Å². The zero-order valence-electron chi connectivity index (χ0n) is 18.7. The summed E-state index contributed by atoms with van der Waals surface area (Å²) in [5, 5.41) is 6.26. The zero-order valence-corrected chi connectivity index (χ0v) is 20.3. The third-order valence-corrected chi connectivity index (χ3v) is 5.85. The zero-order chi connectivity index (χ0) is 24.0. The van der Waals surface area contributed by atoms with Crippen molar-refractivity contribution in [3.8, 4) is 28.4 Å². The highest BCUT2D eigenvalue weighted by atomic mass is 35.5. The number of thiophene rings is 1. The van der Waals surface area contributed by atoms with Gasteiger partial charge in [0, 0.05) is 35.0 Å². The number of carbonyl (C=O) groups excluding carboxylic acids is 2. The molecule has 0 saturated carbocycles. The van der Waals surface area contributed by atoms with E-state index in [1.165, 1.54) is 18.3 Å². The molecule has 3 rings (SSSR count). The fraction of sp³-hybridized carbons (Fsp3) is 0.250. The quantitative estimate of drug-likeness (QED) is 0.300. The molecule has 0 amide bonds. The Morgan fingerprint density at radius 1 is 1.03 bits per heavy atom. The van der Waals surface area contributed by atoms with E-state index in [1.807, 2.05) is 17.5 Å². The Kier molecular flexibility index (Phi) is 8.19. The standard InChI is InChI=1S/C24H24ClNO6S/c1-5-31-24(28)22-18(15-6-8-20(29-3)21(11-15)30-4)13-33-23(22)26-12-16-10-17(25)7-9-19(16)32-14(2)27/h6-11,13,26H,5,12H2,1-4H3. The number of anilines is 1. The first kappa shape index (κ1) is 24.4. The van der Waals surface area contributed by atoms with Crippen molar-refractivity contribution in [2.75, 3.05) is 26.1 Å². The maximum atomic E-state index is 12.9. The molecule has 0 spiro atoms. The molecule has 33 heavy (non-hydrogen) atoms. The van der Waals surface area contributed by atoms with Crippen LogP contribution in [-0.2, 0) is 16.1 Å². The minimum Gasteiger partial charge on any atom is -0.493 e. The van der Waals surface area contributed by atoms with Crippen LogP contribution in [0.3, 0.4) is 0 Å². The highest BCUT2D eigenvalue weighted by molar-refractivity contribution is 7.15. The van der Waals surface area contributed by atoms with Gasteiger partial charge in [-0.2, -0.15) is 0 Å². The largest absolute Gasteiger partial charge is 0.493 e. The summed E-state index contributed by atoms with van der Waals surface area (Å²) < 4.78 is 21.3. The normalized spacial score (nSPS) is 10.5. The lowest BCUT2D eigenvalue weighted by Crippen LogP contribution is -2.10. The molecule has 1 N–H and O–H groups in total. The van der Waals surface area contributed by atoms with Crippen LogP contribution < -0.4 is 19.5 Å². The van der Waals surface area contributed by atoms with Gasteiger partial charge in [0.05, 0.1) is 20.8 Å². The molecule has 9 heteroatoms. The minimum absolute atomic E-state index is 0.240. The Hall–Kier alpha value is -3.23. The second-order valence-corrected chi connectivity index (χ2v) is 8.16. The third-order valence-electron chi connectivity index (χ3n) is 4.68. The van der Waals surface area contributed by atoms with Crippen LogP contribution in [0.4, 0.5) is 5.00 Å². The fourth-order valence-corrected chi connectivity index (χ4v) is 4.38. The Morgan fingerprint density at radius 3 is 2.42 bits per heavy atom. The molecule has 0 atom stereocenters. The van der Waals surface area contributed by atoms with Crippen LogP contribution >= 0.6 is 22.9 Å². The third kappa shape index (κ3) is 5.77. The van der Waals surface area contributed by atoms with E-state index >= 15 is 0 Å². The molecule has 0 fully saturated rings. The Balaban J connectivity index is 1.98. The molecule has 0 aliphatic rings. The first-order chi connectivity index (χ1) is 15.9. The number of esters is 2. The summed E-state index contributed by atoms with van der Waals surface area (Å²) in [7, 11) is 3.12. The van der Waals surface area contributed by atoms with E-state index in [0.717, 1.165) is 5.56 Å². The van der Waals surface area contributed by atoms with Gasteiger partial charge in [-0.3, -0.25) is 4.79 Å². The van der Waals surface area contributed by atoms with Gasteiger partial charge >= 0.3 is 11.9 Å². The van der Waals surface area contributed by atoms with Gasteiger partial charge in [-0.1, -0.05) is 17.7 Å². The van der Waals surface area contributed by atoms with Crippen molar-refractivity contribution in [1.29, 1.82) is 0 Å². The van der Waals surface area contributed by atoms with Crippen molar-refractivity contribution >= 4 is 39.9 Å². The molecule has 0 radical (unpaired) electrons. The van der Waals surface area contributed by atoms with Crippen LogP contribution in [-0.4, -0.2) is 32.8 Å². The van der Waals surface area contributed by atoms with Crippen LogP contribution in [0.15, 0.2) is 41.8 Å². The lowest BCUT2D eigenvalue weighted by molar-refractivity contribution is -0.131. The molecule has 0 aliphatic carbocycles. The van der Waals surface area contributed by atoms with Crippen LogP contribution in [0.1, 0.15) is 29.8 Å². The summed E-state index contributed by atoms with van der Waals surface area (Å²) in [5.74, 6) is 0.658. The Morgan fingerprint density at radius 2 is 1.76 bits per heavy atom. The first-order valence-electron chi connectivity index (χ1n) is 10.1. The van der Waals surface area contributed by atoms with Crippen molar-refractivity contribution in [1.82, 2.24) is 0 Å². The summed E-state index contributed by atoms with van der Waals surface area (Å²) in [6.45, 7) is 3.61. The number of carbonyl (C=O) groups is 2. The van der Waals surface area contributed by atoms with Crippen LogP contribution in [0.25, 0.3) is 11.1 Å². The van der Waals surface area contributed by atoms with E-state index in [1.54, 1.807) is 45.4 Å². The van der Waals surface area contributed by atoms with Crippen molar-refractivity contribution in [2.45, 2.75) is 20.4 Å². The van der Waals surface area contributed by atoms with Gasteiger partial charge in [0.2, 0.25) is 0 Å². The Bertz CT molecular complexity index is 1160. The molecular weight excluding hydrogens is 466 g/mol. The fourth-order valence-electron chi connectivity index (χ4n) is 3.23. The van der Waals surface area contributed by atoms with Gasteiger partial charge in [-0.25, -0.2) is 4.79 Å². The highest BCUT2D eigenvalue weighted by Gasteiger charge is 2.23. The summed E-state index contributed by atoms with van der Waals surface area (Å²) in [4.78, 5) is 24.3. The van der Waals surface area contributed by atoms with E-state index in [9.17, 15) is 9.59 Å². The lowest BCUT2D eigenvalue weighted by Gasteiger charge is -2.13. The van der Waals surface area contributed by atoms with E-state index < -0.39 is 11.9 Å². The summed E-state index contributed by atoms with van der Waals surface area (Å²) in [6.07, 6.45) is 0. The van der Waals surface area contributed by atoms with Gasteiger partial charge in [0.1, 0.15) is 16.3 Å². The number of ether oxygens (including phenoxy) is 4. The van der Waals surface area contributed by atoms with E-state index in [4.69, 9.17) is 30.5 Å². The van der Waals surface area contributed by atoms with Crippen molar-refractivity contribution in [2.24, 2.45) is 0 Å². The monoisotopic (exact) mass is 489 g/mol. The lowest BCUT2D eigenvalue weighted by atomic mass is 10.0. The molecule has 3 aromatic rings. The van der Waals surface area contributed by atoms with Crippen LogP contribution in [0.2, 0.25) is 5.02 Å². The van der Waals surface area contributed by atoms with E-state index in [2.05, 4.69) is 5.32 Å². The number of nitrogens with one attached hydrogen (secondary N) is 1. The van der Waals surface area contributed by atoms with E-state index in [-0.39, 0.29) is 13.2 Å². The van der Waals surface area contributed by atoms with Gasteiger partial charge in [-0.15, -0.1) is 11.3 Å². The van der Waals surface area contributed by atoms with Crippen molar-refractivity contribution in [3.05, 3.63) is 57.9 Å². The number of hydrogen-bond acceptors (Lipinski definition) is 8. The van der Waals surface area contributed by atoms with Gasteiger partial charge in [0.25, 0.3) is 0 Å². The maximum absolute atomic E-state index is 12.9. The smallest absolute Gasteiger partial charge is 0.341 e. The first-order valence-corrected chi connectivity index (χ1v) is 11.3. The predicted molar refractivity (Wildman–Crippen MR) is 129 cm³/mol. The average Bonchev–Trinajstić information content (AvgIpc) is 3.22. The highest BCUT2D eigenvalue weighted by Crippen LogP contribution is 2.40. The van der Waals surface area contributed by atoms with Crippen LogP contribution in [0.5, 0.6) is 17.2 Å². The molecule has 2 aromatic carbocycles. The minimum atomic E-state index is -0.447. The molecule has 174 valence electrons. The van der Waals surface area contributed by atoms with Crippen molar-refractivity contribution < 1.29 is 28.5 Å². The van der Waals surface area contributed by atoms with E-state index in [0.29, 0.717) is 44.0 Å². The van der Waals surface area contributed by atoms with Crippen molar-refractivity contribution in [3.63, 3.8) is 0 Å². The topological polar surface area (TPSA) is 83.1 Å². The van der Waals surface area contributed by atoms with Gasteiger partial charge < -0.3 is 24.3 Å². The molecule has 1 aromatic heterocycles. The molecule has 0 bridgehead atoms. The second-order valence-electron chi connectivity index (χ2n) is 6.84. The maximum Gasteiger partial charge on any atom is 0.341 e. The number of rotatable bonds is 9. The van der Waals surface area contributed by atoms with Crippen LogP contribution in [0, 0.1) is 0 Å². The Labute approximate surface area is 201 Å². The molecule has 7 nitrogen and oxygen atoms in total. The molecular formula is C24H24ClNO6S. The molecule has 1 heterocycles. The summed E-state index contributed by atoms with van der Waals surface area (Å²) >= 11 is 7.50. The molecule has 0 saturated heterocycles. The second kappa shape index (κ2) is 11.1. The SMILES string of the molecule is CCOC(=O)c1c(-c2ccc(OC)c(OC)c2)csc1NCc1cc(Cl)ccc1OC(C)=O. The molecule has 0 aliphatic heterocycles. The summed E-state index contributed by atoms with van der Waals surface area (Å²) in [6, 6.07) is 10.4.